The fourth-order valence-electron chi connectivity index (χ4n) is 3.29. The smallest absolute Gasteiger partial charge is 0.387 e. The van der Waals surface area contributed by atoms with E-state index in [9.17, 15) is 18.4 Å². The van der Waals surface area contributed by atoms with Gasteiger partial charge in [0, 0.05) is 38.3 Å². The Morgan fingerprint density at radius 2 is 1.85 bits per heavy atom. The van der Waals surface area contributed by atoms with Crippen LogP contribution in [0.5, 0.6) is 11.5 Å². The zero-order valence-corrected chi connectivity index (χ0v) is 15.0. The molecule has 27 heavy (non-hydrogen) atoms. The molecule has 2 saturated heterocycles. The van der Waals surface area contributed by atoms with Gasteiger partial charge >= 0.3 is 6.61 Å². The van der Waals surface area contributed by atoms with E-state index in [0.29, 0.717) is 32.8 Å². The Morgan fingerprint density at radius 1 is 1.15 bits per heavy atom. The number of methoxy groups -OCH3 is 1. The van der Waals surface area contributed by atoms with Crippen LogP contribution in [0.3, 0.4) is 0 Å². The van der Waals surface area contributed by atoms with E-state index in [1.165, 1.54) is 25.3 Å². The fraction of sp³-hybridized carbons (Fsp3) is 0.556. The summed E-state index contributed by atoms with van der Waals surface area (Å²) in [6.07, 6.45) is 1.24. The fourth-order valence-corrected chi connectivity index (χ4v) is 3.29. The molecule has 0 N–H and O–H groups in total. The molecule has 2 aliphatic heterocycles. The molecular formula is C18H22F2N2O5. The van der Waals surface area contributed by atoms with Crippen LogP contribution in [-0.4, -0.2) is 74.2 Å². The van der Waals surface area contributed by atoms with Crippen molar-refractivity contribution in [3.05, 3.63) is 23.8 Å². The maximum Gasteiger partial charge on any atom is 0.387 e. The molecular weight excluding hydrogens is 362 g/mol. The van der Waals surface area contributed by atoms with E-state index in [0.717, 1.165) is 12.8 Å². The third-order valence-electron chi connectivity index (χ3n) is 4.71. The SMILES string of the molecule is COc1ccc(C(=O)N2CCN(C(=O)C3CCCO3)CC2)cc1OC(F)F. The number of hydrogen-bond acceptors (Lipinski definition) is 5. The van der Waals surface area contributed by atoms with Gasteiger partial charge in [-0.3, -0.25) is 9.59 Å². The normalized spacial score (nSPS) is 20.1. The van der Waals surface area contributed by atoms with Crippen LogP contribution in [0, 0.1) is 0 Å². The number of nitrogens with zero attached hydrogens (tertiary/aromatic N) is 2. The Hall–Kier alpha value is -2.42. The predicted molar refractivity (Wildman–Crippen MR) is 91.1 cm³/mol. The summed E-state index contributed by atoms with van der Waals surface area (Å²) in [6, 6.07) is 4.17. The molecule has 0 aliphatic carbocycles. The number of hydrogen-bond donors (Lipinski definition) is 0. The first-order chi connectivity index (χ1) is 13.0. The average Bonchev–Trinajstić information content (AvgIpc) is 3.21. The van der Waals surface area contributed by atoms with E-state index in [1.54, 1.807) is 9.80 Å². The van der Waals surface area contributed by atoms with Crippen molar-refractivity contribution >= 4 is 11.8 Å². The quantitative estimate of drug-likeness (QED) is 0.774. The minimum Gasteiger partial charge on any atom is -0.493 e. The Kier molecular flexibility index (Phi) is 6.10. The van der Waals surface area contributed by atoms with Crippen LogP contribution < -0.4 is 9.47 Å². The second-order valence-corrected chi connectivity index (χ2v) is 6.36. The third kappa shape index (κ3) is 4.47. The van der Waals surface area contributed by atoms with Crippen molar-refractivity contribution in [1.29, 1.82) is 0 Å². The van der Waals surface area contributed by atoms with Gasteiger partial charge in [-0.1, -0.05) is 0 Å². The van der Waals surface area contributed by atoms with Crippen molar-refractivity contribution in [2.45, 2.75) is 25.6 Å². The van der Waals surface area contributed by atoms with Crippen LogP contribution in [0.4, 0.5) is 8.78 Å². The van der Waals surface area contributed by atoms with Crippen LogP contribution in [0.1, 0.15) is 23.2 Å². The monoisotopic (exact) mass is 384 g/mol. The molecule has 0 spiro atoms. The van der Waals surface area contributed by atoms with E-state index >= 15 is 0 Å². The van der Waals surface area contributed by atoms with Crippen molar-refractivity contribution < 1.29 is 32.6 Å². The summed E-state index contributed by atoms with van der Waals surface area (Å²) in [7, 11) is 1.33. The van der Waals surface area contributed by atoms with E-state index in [4.69, 9.17) is 9.47 Å². The number of ether oxygens (including phenoxy) is 3. The Labute approximate surface area is 155 Å². The van der Waals surface area contributed by atoms with Gasteiger partial charge in [-0.2, -0.15) is 8.78 Å². The molecule has 0 saturated carbocycles. The van der Waals surface area contributed by atoms with Gasteiger partial charge in [-0.15, -0.1) is 0 Å². The van der Waals surface area contributed by atoms with Crippen LogP contribution >= 0.6 is 0 Å². The summed E-state index contributed by atoms with van der Waals surface area (Å²) in [4.78, 5) is 28.3. The molecule has 1 aromatic rings. The molecule has 2 heterocycles. The molecule has 2 amide bonds. The van der Waals surface area contributed by atoms with Crippen LogP contribution in [0.2, 0.25) is 0 Å². The van der Waals surface area contributed by atoms with Gasteiger partial charge in [-0.05, 0) is 31.0 Å². The summed E-state index contributed by atoms with van der Waals surface area (Å²) in [5.41, 5.74) is 0.227. The van der Waals surface area contributed by atoms with Gasteiger partial charge in [0.1, 0.15) is 6.10 Å². The number of benzene rings is 1. The molecule has 0 radical (unpaired) electrons. The van der Waals surface area contributed by atoms with Gasteiger partial charge < -0.3 is 24.0 Å². The first kappa shape index (κ1) is 19.3. The van der Waals surface area contributed by atoms with Gasteiger partial charge in [0.15, 0.2) is 11.5 Å². The first-order valence-electron chi connectivity index (χ1n) is 8.82. The van der Waals surface area contributed by atoms with E-state index in [2.05, 4.69) is 4.74 Å². The maximum absolute atomic E-state index is 12.7. The van der Waals surface area contributed by atoms with E-state index in [-0.39, 0.29) is 35.0 Å². The van der Waals surface area contributed by atoms with Gasteiger partial charge in [0.05, 0.1) is 7.11 Å². The lowest BCUT2D eigenvalue weighted by atomic mass is 10.1. The standard InChI is InChI=1S/C18H22F2N2O5/c1-25-13-5-4-12(11-15(13)27-18(19)20)16(23)21-6-8-22(9-7-21)17(24)14-3-2-10-26-14/h4-5,11,14,18H,2-3,6-10H2,1H3. The molecule has 0 aromatic heterocycles. The van der Waals surface area contributed by atoms with E-state index < -0.39 is 6.61 Å². The number of amides is 2. The Morgan fingerprint density at radius 3 is 2.44 bits per heavy atom. The minimum atomic E-state index is -3.02. The van der Waals surface area contributed by atoms with Crippen LogP contribution in [-0.2, 0) is 9.53 Å². The van der Waals surface area contributed by atoms with Gasteiger partial charge in [0.25, 0.3) is 11.8 Å². The molecule has 2 fully saturated rings. The molecule has 2 aliphatic rings. The second kappa shape index (κ2) is 8.51. The van der Waals surface area contributed by atoms with Crippen LogP contribution in [0.25, 0.3) is 0 Å². The summed E-state index contributed by atoms with van der Waals surface area (Å²) in [5.74, 6) is -0.401. The van der Waals surface area contributed by atoms with Crippen molar-refractivity contribution in [2.75, 3.05) is 39.9 Å². The number of piperazine rings is 1. The second-order valence-electron chi connectivity index (χ2n) is 6.36. The molecule has 3 rings (SSSR count). The molecule has 1 unspecified atom stereocenters. The largest absolute Gasteiger partial charge is 0.493 e. The molecule has 1 aromatic carbocycles. The topological polar surface area (TPSA) is 68.3 Å². The molecule has 7 nitrogen and oxygen atoms in total. The Balaban J connectivity index is 1.62. The average molecular weight is 384 g/mol. The third-order valence-corrected chi connectivity index (χ3v) is 4.71. The summed E-state index contributed by atoms with van der Waals surface area (Å²) in [5, 5.41) is 0. The van der Waals surface area contributed by atoms with Crippen molar-refractivity contribution in [3.8, 4) is 11.5 Å². The number of alkyl halides is 2. The highest BCUT2D eigenvalue weighted by Crippen LogP contribution is 2.30. The zero-order chi connectivity index (χ0) is 19.4. The number of rotatable bonds is 5. The lowest BCUT2D eigenvalue weighted by Gasteiger charge is -2.35. The van der Waals surface area contributed by atoms with Gasteiger partial charge in [0.2, 0.25) is 0 Å². The number of halogens is 2. The highest BCUT2D eigenvalue weighted by molar-refractivity contribution is 5.95. The summed E-state index contributed by atoms with van der Waals surface area (Å²) >= 11 is 0. The molecule has 0 bridgehead atoms. The summed E-state index contributed by atoms with van der Waals surface area (Å²) < 4.78 is 39.9. The van der Waals surface area contributed by atoms with Crippen molar-refractivity contribution in [2.24, 2.45) is 0 Å². The van der Waals surface area contributed by atoms with Crippen molar-refractivity contribution in [1.82, 2.24) is 9.80 Å². The molecule has 9 heteroatoms. The number of carbonyl (C=O) groups is 2. The molecule has 148 valence electrons. The predicted octanol–water partition coefficient (Wildman–Crippen LogP) is 1.76. The minimum absolute atomic E-state index is 0.0309. The highest BCUT2D eigenvalue weighted by atomic mass is 19.3. The zero-order valence-electron chi connectivity index (χ0n) is 15.0. The lowest BCUT2D eigenvalue weighted by Crippen LogP contribution is -2.52. The van der Waals surface area contributed by atoms with E-state index in [1.807, 2.05) is 0 Å². The highest BCUT2D eigenvalue weighted by Gasteiger charge is 2.31. The maximum atomic E-state index is 12.7. The van der Waals surface area contributed by atoms with Crippen LogP contribution in [0.15, 0.2) is 18.2 Å². The Bertz CT molecular complexity index is 686. The number of carbonyl (C=O) groups excluding carboxylic acids is 2. The molecule has 1 atom stereocenters. The van der Waals surface area contributed by atoms with Crippen molar-refractivity contribution in [3.63, 3.8) is 0 Å². The first-order valence-corrected chi connectivity index (χ1v) is 8.82. The lowest BCUT2D eigenvalue weighted by molar-refractivity contribution is -0.142. The van der Waals surface area contributed by atoms with Gasteiger partial charge in [-0.25, -0.2) is 0 Å². The summed E-state index contributed by atoms with van der Waals surface area (Å²) in [6.45, 7) is -0.836.